The predicted molar refractivity (Wildman–Crippen MR) is 84.3 cm³/mol. The highest BCUT2D eigenvalue weighted by Crippen LogP contribution is 2.19. The van der Waals surface area contributed by atoms with Crippen LogP contribution in [0.4, 0.5) is 0 Å². The van der Waals surface area contributed by atoms with Crippen molar-refractivity contribution >= 4 is 11.8 Å². The first kappa shape index (κ1) is 16.1. The Morgan fingerprint density at radius 2 is 1.95 bits per heavy atom. The van der Waals surface area contributed by atoms with E-state index in [1.165, 1.54) is 0 Å². The van der Waals surface area contributed by atoms with Gasteiger partial charge in [0.1, 0.15) is 5.75 Å². The number of carbonyl (C=O) groups is 2. The van der Waals surface area contributed by atoms with E-state index in [1.807, 2.05) is 13.8 Å². The molecular formula is C17H22N2O3. The molecule has 0 spiro atoms. The number of amides is 2. The van der Waals surface area contributed by atoms with Gasteiger partial charge in [-0.05, 0) is 56.9 Å². The summed E-state index contributed by atoms with van der Waals surface area (Å²) in [5, 5.41) is 0. The van der Waals surface area contributed by atoms with Gasteiger partial charge >= 0.3 is 0 Å². The Labute approximate surface area is 130 Å². The van der Waals surface area contributed by atoms with Gasteiger partial charge in [-0.25, -0.2) is 0 Å². The number of benzene rings is 1. The van der Waals surface area contributed by atoms with E-state index in [0.29, 0.717) is 17.7 Å². The van der Waals surface area contributed by atoms with Gasteiger partial charge in [-0.2, -0.15) is 0 Å². The van der Waals surface area contributed by atoms with Crippen LogP contribution in [0.15, 0.2) is 36.4 Å². The molecule has 2 N–H and O–H groups in total. The number of nitrogens with one attached hydrogen (secondary N) is 2. The Morgan fingerprint density at radius 1 is 1.23 bits per heavy atom. The number of allylic oxidation sites excluding steroid dienone is 2. The fourth-order valence-electron chi connectivity index (χ4n) is 2.31. The number of carbonyl (C=O) groups excluding carboxylic acids is 2. The van der Waals surface area contributed by atoms with Gasteiger partial charge in [0.25, 0.3) is 5.91 Å². The van der Waals surface area contributed by atoms with E-state index < -0.39 is 0 Å². The van der Waals surface area contributed by atoms with E-state index in [-0.39, 0.29) is 23.8 Å². The lowest BCUT2D eigenvalue weighted by atomic mass is 10.1. The summed E-state index contributed by atoms with van der Waals surface area (Å²) in [6.07, 6.45) is 6.64. The van der Waals surface area contributed by atoms with Crippen molar-refractivity contribution in [2.24, 2.45) is 5.92 Å². The monoisotopic (exact) mass is 302 g/mol. The first-order valence-corrected chi connectivity index (χ1v) is 7.57. The van der Waals surface area contributed by atoms with E-state index in [1.54, 1.807) is 24.3 Å². The molecule has 1 aromatic carbocycles. The van der Waals surface area contributed by atoms with Crippen LogP contribution in [0.1, 0.15) is 43.5 Å². The minimum absolute atomic E-state index is 0.0867. The Morgan fingerprint density at radius 3 is 2.55 bits per heavy atom. The third-order valence-electron chi connectivity index (χ3n) is 3.36. The van der Waals surface area contributed by atoms with Crippen LogP contribution >= 0.6 is 0 Å². The van der Waals surface area contributed by atoms with Crippen LogP contribution in [0, 0.1) is 5.92 Å². The number of ether oxygens (including phenoxy) is 1. The minimum atomic E-state index is -0.341. The van der Waals surface area contributed by atoms with Gasteiger partial charge in [0.15, 0.2) is 0 Å². The molecule has 0 fully saturated rings. The number of hydrazine groups is 1. The molecule has 1 aliphatic carbocycles. The average Bonchev–Trinajstić information content (AvgIpc) is 2.98. The van der Waals surface area contributed by atoms with Crippen molar-refractivity contribution in [3.8, 4) is 5.75 Å². The Bertz CT molecular complexity index is 550. The molecule has 2 rings (SSSR count). The molecule has 22 heavy (non-hydrogen) atoms. The van der Waals surface area contributed by atoms with E-state index >= 15 is 0 Å². The van der Waals surface area contributed by atoms with E-state index in [2.05, 4.69) is 23.0 Å². The highest BCUT2D eigenvalue weighted by molar-refractivity contribution is 5.95. The first-order valence-electron chi connectivity index (χ1n) is 7.57. The summed E-state index contributed by atoms with van der Waals surface area (Å²) in [4.78, 5) is 23.7. The van der Waals surface area contributed by atoms with Crippen LogP contribution in [0.2, 0.25) is 0 Å². The Balaban J connectivity index is 1.78. The van der Waals surface area contributed by atoms with Crippen molar-refractivity contribution in [1.29, 1.82) is 0 Å². The largest absolute Gasteiger partial charge is 0.491 e. The summed E-state index contributed by atoms with van der Waals surface area (Å²) < 4.78 is 5.51. The Kier molecular flexibility index (Phi) is 5.58. The summed E-state index contributed by atoms with van der Waals surface area (Å²) in [6, 6.07) is 6.80. The van der Waals surface area contributed by atoms with Gasteiger partial charge in [0, 0.05) is 12.0 Å². The summed E-state index contributed by atoms with van der Waals surface area (Å²) in [5.74, 6) is 0.476. The molecule has 1 aliphatic rings. The molecular weight excluding hydrogens is 280 g/mol. The second kappa shape index (κ2) is 7.64. The third kappa shape index (κ3) is 4.91. The maximum Gasteiger partial charge on any atom is 0.269 e. The standard InChI is InChI=1S/C17H22N2O3/c1-12(2)22-15-9-7-14(8-10-15)17(21)19-18-16(20)11-13-5-3-4-6-13/h3,5,7-10,12-13H,4,6,11H2,1-2H3,(H,18,20)(H,19,21). The third-order valence-corrected chi connectivity index (χ3v) is 3.36. The smallest absolute Gasteiger partial charge is 0.269 e. The minimum Gasteiger partial charge on any atom is -0.491 e. The fourth-order valence-corrected chi connectivity index (χ4v) is 2.31. The lowest BCUT2D eigenvalue weighted by Crippen LogP contribution is -2.42. The molecule has 5 nitrogen and oxygen atoms in total. The van der Waals surface area contributed by atoms with Gasteiger partial charge in [0.2, 0.25) is 5.91 Å². The van der Waals surface area contributed by atoms with E-state index in [0.717, 1.165) is 12.8 Å². The number of rotatable bonds is 5. The average molecular weight is 302 g/mol. The van der Waals surface area contributed by atoms with E-state index in [9.17, 15) is 9.59 Å². The van der Waals surface area contributed by atoms with Crippen molar-refractivity contribution in [3.63, 3.8) is 0 Å². The molecule has 2 amide bonds. The van der Waals surface area contributed by atoms with Gasteiger partial charge in [0.05, 0.1) is 6.10 Å². The van der Waals surface area contributed by atoms with Crippen LogP contribution in [0.5, 0.6) is 5.75 Å². The zero-order valence-corrected chi connectivity index (χ0v) is 13.0. The maximum absolute atomic E-state index is 11.9. The SMILES string of the molecule is CC(C)Oc1ccc(C(=O)NNC(=O)CC2C=CCC2)cc1. The molecule has 0 bridgehead atoms. The zero-order valence-electron chi connectivity index (χ0n) is 13.0. The molecule has 1 atom stereocenters. The first-order chi connectivity index (χ1) is 10.5. The molecule has 0 radical (unpaired) electrons. The second-order valence-corrected chi connectivity index (χ2v) is 5.66. The summed E-state index contributed by atoms with van der Waals surface area (Å²) in [7, 11) is 0. The lowest BCUT2D eigenvalue weighted by molar-refractivity contribution is -0.122. The molecule has 0 saturated heterocycles. The molecule has 0 aromatic heterocycles. The number of hydrogen-bond acceptors (Lipinski definition) is 3. The van der Waals surface area contributed by atoms with Crippen molar-refractivity contribution in [2.45, 2.75) is 39.2 Å². The predicted octanol–water partition coefficient (Wildman–Crippen LogP) is 2.59. The van der Waals surface area contributed by atoms with Crippen LogP contribution in [-0.2, 0) is 4.79 Å². The molecule has 1 aromatic rings. The molecule has 0 heterocycles. The number of hydrogen-bond donors (Lipinski definition) is 2. The topological polar surface area (TPSA) is 67.4 Å². The normalized spacial score (nSPS) is 16.6. The highest BCUT2D eigenvalue weighted by Gasteiger charge is 2.14. The summed E-state index contributed by atoms with van der Waals surface area (Å²) in [6.45, 7) is 3.88. The maximum atomic E-state index is 11.9. The summed E-state index contributed by atoms with van der Waals surface area (Å²) >= 11 is 0. The van der Waals surface area contributed by atoms with Crippen molar-refractivity contribution < 1.29 is 14.3 Å². The Hall–Kier alpha value is -2.30. The van der Waals surface area contributed by atoms with Gasteiger partial charge in [-0.15, -0.1) is 0 Å². The van der Waals surface area contributed by atoms with Crippen LogP contribution in [-0.4, -0.2) is 17.9 Å². The van der Waals surface area contributed by atoms with Gasteiger partial charge in [-0.1, -0.05) is 12.2 Å². The summed E-state index contributed by atoms with van der Waals surface area (Å²) in [5.41, 5.74) is 5.35. The quantitative estimate of drug-likeness (QED) is 0.649. The molecule has 118 valence electrons. The van der Waals surface area contributed by atoms with Crippen molar-refractivity contribution in [3.05, 3.63) is 42.0 Å². The molecule has 0 aliphatic heterocycles. The van der Waals surface area contributed by atoms with Crippen molar-refractivity contribution in [2.75, 3.05) is 0 Å². The molecule has 5 heteroatoms. The lowest BCUT2D eigenvalue weighted by Gasteiger charge is -2.11. The van der Waals surface area contributed by atoms with Crippen LogP contribution in [0.25, 0.3) is 0 Å². The van der Waals surface area contributed by atoms with Gasteiger partial charge < -0.3 is 4.74 Å². The molecule has 1 unspecified atom stereocenters. The zero-order chi connectivity index (χ0) is 15.9. The van der Waals surface area contributed by atoms with Crippen molar-refractivity contribution in [1.82, 2.24) is 10.9 Å². The molecule has 0 saturated carbocycles. The van der Waals surface area contributed by atoms with E-state index in [4.69, 9.17) is 4.74 Å². The second-order valence-electron chi connectivity index (χ2n) is 5.66. The fraction of sp³-hybridized carbons (Fsp3) is 0.412. The van der Waals surface area contributed by atoms with Crippen LogP contribution < -0.4 is 15.6 Å². The van der Waals surface area contributed by atoms with Crippen LogP contribution in [0.3, 0.4) is 0 Å². The van der Waals surface area contributed by atoms with Gasteiger partial charge in [-0.3, -0.25) is 20.4 Å². The highest BCUT2D eigenvalue weighted by atomic mass is 16.5.